The van der Waals surface area contributed by atoms with Gasteiger partial charge in [0.25, 0.3) is 0 Å². The average molecular weight is 251 g/mol. The summed E-state index contributed by atoms with van der Waals surface area (Å²) in [4.78, 5) is 3.85. The van der Waals surface area contributed by atoms with Crippen LogP contribution in [-0.2, 0) is 0 Å². The fourth-order valence-electron chi connectivity index (χ4n) is 2.56. The third-order valence-corrected chi connectivity index (χ3v) is 3.42. The first kappa shape index (κ1) is 13.3. The van der Waals surface area contributed by atoms with Crippen molar-refractivity contribution in [2.45, 2.75) is 51.1 Å². The number of halogens is 1. The molecule has 1 fully saturated rings. The van der Waals surface area contributed by atoms with Crippen molar-refractivity contribution < 1.29 is 4.39 Å². The van der Waals surface area contributed by atoms with Crippen LogP contribution in [0.3, 0.4) is 0 Å². The molecule has 2 unspecified atom stereocenters. The third-order valence-electron chi connectivity index (χ3n) is 3.42. The molecular weight excluding hydrogens is 229 g/mol. The molecule has 100 valence electrons. The second-order valence-corrected chi connectivity index (χ2v) is 5.17. The van der Waals surface area contributed by atoms with Crippen molar-refractivity contribution in [3.8, 4) is 0 Å². The Morgan fingerprint density at radius 3 is 3.17 bits per heavy atom. The van der Waals surface area contributed by atoms with Gasteiger partial charge in [-0.3, -0.25) is 4.98 Å². The van der Waals surface area contributed by atoms with Gasteiger partial charge in [-0.15, -0.1) is 0 Å². The Morgan fingerprint density at radius 1 is 1.44 bits per heavy atom. The van der Waals surface area contributed by atoms with Gasteiger partial charge in [-0.2, -0.15) is 0 Å². The highest BCUT2D eigenvalue weighted by atomic mass is 19.1. The maximum atomic E-state index is 13.0. The van der Waals surface area contributed by atoms with Crippen molar-refractivity contribution in [1.82, 2.24) is 10.3 Å². The summed E-state index contributed by atoms with van der Waals surface area (Å²) in [7, 11) is 0. The highest BCUT2D eigenvalue weighted by Crippen LogP contribution is 2.15. The molecule has 2 atom stereocenters. The summed E-state index contributed by atoms with van der Waals surface area (Å²) in [6.07, 6.45) is 9.13. The molecule has 0 aromatic carbocycles. The summed E-state index contributed by atoms with van der Waals surface area (Å²) < 4.78 is 13.0. The summed E-state index contributed by atoms with van der Waals surface area (Å²) in [5.74, 6) is -0.292. The molecule has 1 saturated heterocycles. The molecule has 0 amide bonds. The van der Waals surface area contributed by atoms with Crippen LogP contribution < -0.4 is 10.6 Å². The van der Waals surface area contributed by atoms with Gasteiger partial charge in [0.1, 0.15) is 5.82 Å². The zero-order chi connectivity index (χ0) is 12.8. The topological polar surface area (TPSA) is 37.0 Å². The van der Waals surface area contributed by atoms with Gasteiger partial charge in [0.2, 0.25) is 0 Å². The van der Waals surface area contributed by atoms with Crippen molar-refractivity contribution in [2.75, 3.05) is 11.9 Å². The van der Waals surface area contributed by atoms with E-state index in [2.05, 4.69) is 22.5 Å². The van der Waals surface area contributed by atoms with Crippen LogP contribution in [0.2, 0.25) is 0 Å². The molecule has 1 aliphatic heterocycles. The molecule has 0 aliphatic carbocycles. The first-order valence-corrected chi connectivity index (χ1v) is 6.84. The number of aromatic nitrogens is 1. The van der Waals surface area contributed by atoms with E-state index < -0.39 is 0 Å². The van der Waals surface area contributed by atoms with Crippen molar-refractivity contribution in [2.24, 2.45) is 0 Å². The second kappa shape index (κ2) is 6.69. The lowest BCUT2D eigenvalue weighted by molar-refractivity contribution is 0.456. The van der Waals surface area contributed by atoms with Crippen molar-refractivity contribution in [1.29, 1.82) is 0 Å². The maximum Gasteiger partial charge on any atom is 0.143 e. The molecule has 3 nitrogen and oxygen atoms in total. The van der Waals surface area contributed by atoms with Gasteiger partial charge in [0.05, 0.1) is 18.1 Å². The minimum atomic E-state index is -0.292. The molecule has 18 heavy (non-hydrogen) atoms. The smallest absolute Gasteiger partial charge is 0.143 e. The lowest BCUT2D eigenvalue weighted by Crippen LogP contribution is -2.33. The SMILES string of the molecule is CC(CC1CCCCCN1)Nc1cncc(F)c1. The Kier molecular flexibility index (Phi) is 4.93. The Labute approximate surface area is 108 Å². The fourth-order valence-corrected chi connectivity index (χ4v) is 2.56. The number of hydrogen-bond acceptors (Lipinski definition) is 3. The molecule has 0 bridgehead atoms. The molecule has 2 N–H and O–H groups in total. The lowest BCUT2D eigenvalue weighted by atomic mass is 10.0. The van der Waals surface area contributed by atoms with Crippen molar-refractivity contribution >= 4 is 5.69 Å². The monoisotopic (exact) mass is 251 g/mol. The van der Waals surface area contributed by atoms with Gasteiger partial charge < -0.3 is 10.6 Å². The zero-order valence-corrected chi connectivity index (χ0v) is 11.0. The molecule has 2 rings (SSSR count). The van der Waals surface area contributed by atoms with E-state index in [1.54, 1.807) is 6.20 Å². The quantitative estimate of drug-likeness (QED) is 0.864. The molecular formula is C14H22FN3. The number of anilines is 1. The summed E-state index contributed by atoms with van der Waals surface area (Å²) in [6, 6.07) is 2.39. The summed E-state index contributed by atoms with van der Waals surface area (Å²) in [6.45, 7) is 3.26. The number of pyridine rings is 1. The number of nitrogens with zero attached hydrogens (tertiary/aromatic N) is 1. The maximum absolute atomic E-state index is 13.0. The van der Waals surface area contributed by atoms with Crippen LogP contribution in [0.4, 0.5) is 10.1 Å². The number of rotatable bonds is 4. The molecule has 1 aliphatic rings. The van der Waals surface area contributed by atoms with Gasteiger partial charge in [-0.25, -0.2) is 4.39 Å². The van der Waals surface area contributed by atoms with Crippen LogP contribution in [0.15, 0.2) is 18.5 Å². The summed E-state index contributed by atoms with van der Waals surface area (Å²) >= 11 is 0. The Morgan fingerprint density at radius 2 is 2.33 bits per heavy atom. The van der Waals surface area contributed by atoms with E-state index >= 15 is 0 Å². The summed E-state index contributed by atoms with van der Waals surface area (Å²) in [5, 5.41) is 6.89. The fraction of sp³-hybridized carbons (Fsp3) is 0.643. The van der Waals surface area contributed by atoms with E-state index in [1.807, 2.05) is 0 Å². The molecule has 2 heterocycles. The highest BCUT2D eigenvalue weighted by Gasteiger charge is 2.14. The van der Waals surface area contributed by atoms with E-state index in [-0.39, 0.29) is 5.82 Å². The van der Waals surface area contributed by atoms with Crippen molar-refractivity contribution in [3.05, 3.63) is 24.3 Å². The van der Waals surface area contributed by atoms with Crippen LogP contribution in [0.25, 0.3) is 0 Å². The normalized spacial score (nSPS) is 22.2. The minimum absolute atomic E-state index is 0.292. The average Bonchev–Trinajstić information content (AvgIpc) is 2.57. The predicted molar refractivity (Wildman–Crippen MR) is 72.2 cm³/mol. The minimum Gasteiger partial charge on any atom is -0.381 e. The number of hydrogen-bond donors (Lipinski definition) is 2. The zero-order valence-electron chi connectivity index (χ0n) is 11.0. The van der Waals surface area contributed by atoms with Gasteiger partial charge >= 0.3 is 0 Å². The first-order chi connectivity index (χ1) is 8.74. The molecule has 1 aromatic heterocycles. The van der Waals surface area contributed by atoms with Crippen LogP contribution in [-0.4, -0.2) is 23.6 Å². The predicted octanol–water partition coefficient (Wildman–Crippen LogP) is 2.94. The van der Waals surface area contributed by atoms with Crippen LogP contribution in [0.5, 0.6) is 0 Å². The van der Waals surface area contributed by atoms with Crippen molar-refractivity contribution in [3.63, 3.8) is 0 Å². The first-order valence-electron chi connectivity index (χ1n) is 6.84. The lowest BCUT2D eigenvalue weighted by Gasteiger charge is -2.22. The number of nitrogens with one attached hydrogen (secondary N) is 2. The summed E-state index contributed by atoms with van der Waals surface area (Å²) in [5.41, 5.74) is 0.760. The van der Waals surface area contributed by atoms with E-state index in [4.69, 9.17) is 0 Å². The van der Waals surface area contributed by atoms with Gasteiger partial charge in [0.15, 0.2) is 0 Å². The molecule has 1 aromatic rings. The molecule has 4 heteroatoms. The van der Waals surface area contributed by atoms with Gasteiger partial charge in [-0.1, -0.05) is 12.8 Å². The molecule has 0 spiro atoms. The molecule has 0 radical (unpaired) electrons. The Balaban J connectivity index is 1.82. The second-order valence-electron chi connectivity index (χ2n) is 5.17. The standard InChI is InChI=1S/C14H22FN3/c1-11(7-13-5-3-2-4-6-17-13)18-14-8-12(15)9-16-10-14/h8-11,13,17-18H,2-7H2,1H3. The van der Waals surface area contributed by atoms with Gasteiger partial charge in [0, 0.05) is 18.2 Å². The van der Waals surface area contributed by atoms with Crippen LogP contribution >= 0.6 is 0 Å². The third kappa shape index (κ3) is 4.26. The largest absolute Gasteiger partial charge is 0.381 e. The Hall–Kier alpha value is -1.16. The highest BCUT2D eigenvalue weighted by molar-refractivity contribution is 5.41. The Bertz CT molecular complexity index is 362. The van der Waals surface area contributed by atoms with Crippen LogP contribution in [0, 0.1) is 5.82 Å². The van der Waals surface area contributed by atoms with E-state index in [0.29, 0.717) is 12.1 Å². The van der Waals surface area contributed by atoms with E-state index in [1.165, 1.54) is 37.9 Å². The molecule has 0 saturated carbocycles. The van der Waals surface area contributed by atoms with E-state index in [0.717, 1.165) is 18.7 Å². The van der Waals surface area contributed by atoms with Crippen LogP contribution in [0.1, 0.15) is 39.0 Å². The van der Waals surface area contributed by atoms with E-state index in [9.17, 15) is 4.39 Å². The van der Waals surface area contributed by atoms with Gasteiger partial charge in [-0.05, 0) is 32.7 Å².